The maximum atomic E-state index is 12.1. The van der Waals surface area contributed by atoms with E-state index < -0.39 is 0 Å². The first-order chi connectivity index (χ1) is 9.49. The van der Waals surface area contributed by atoms with Crippen LogP contribution in [0.3, 0.4) is 0 Å². The molecule has 1 aliphatic rings. The molecule has 0 radical (unpaired) electrons. The first kappa shape index (κ1) is 14.7. The van der Waals surface area contributed by atoms with Crippen LogP contribution in [0.2, 0.25) is 0 Å². The second-order valence-electron chi connectivity index (χ2n) is 5.32. The fourth-order valence-corrected chi connectivity index (χ4v) is 3.36. The van der Waals surface area contributed by atoms with Crippen molar-refractivity contribution in [3.63, 3.8) is 0 Å². The molecule has 1 saturated carbocycles. The average molecular weight is 292 g/mol. The molecule has 5 nitrogen and oxygen atoms in total. The molecule has 108 valence electrons. The number of carbonyl (C=O) groups is 1. The van der Waals surface area contributed by atoms with E-state index in [9.17, 15) is 10.1 Å². The third-order valence-corrected chi connectivity index (χ3v) is 4.74. The second-order valence-corrected chi connectivity index (χ2v) is 6.32. The zero-order chi connectivity index (χ0) is 14.9. The van der Waals surface area contributed by atoms with Crippen LogP contribution in [0.15, 0.2) is 0 Å². The minimum absolute atomic E-state index is 0.141. The van der Waals surface area contributed by atoms with Gasteiger partial charge < -0.3 is 15.5 Å². The molecule has 2 N–H and O–H groups in total. The molecule has 20 heavy (non-hydrogen) atoms. The van der Waals surface area contributed by atoms with Crippen molar-refractivity contribution < 1.29 is 4.79 Å². The SMILES string of the molecule is CCN(CC1CC1)c1sc(C(=O)N(C)C)c(N)c1C#N. The molecular weight excluding hydrogens is 272 g/mol. The summed E-state index contributed by atoms with van der Waals surface area (Å²) in [5, 5.41) is 10.2. The minimum atomic E-state index is -0.141. The highest BCUT2D eigenvalue weighted by atomic mass is 32.1. The van der Waals surface area contributed by atoms with Gasteiger partial charge in [-0.25, -0.2) is 0 Å². The molecule has 1 heterocycles. The average Bonchev–Trinajstić information content (AvgIpc) is 3.18. The van der Waals surface area contributed by atoms with Gasteiger partial charge in [0.05, 0.1) is 5.69 Å². The quantitative estimate of drug-likeness (QED) is 0.902. The van der Waals surface area contributed by atoms with Gasteiger partial charge >= 0.3 is 0 Å². The molecule has 0 spiro atoms. The Bertz CT molecular complexity index is 554. The fraction of sp³-hybridized carbons (Fsp3) is 0.571. The highest BCUT2D eigenvalue weighted by Gasteiger charge is 2.29. The van der Waals surface area contributed by atoms with Crippen LogP contribution in [-0.4, -0.2) is 38.0 Å². The highest BCUT2D eigenvalue weighted by Crippen LogP contribution is 2.40. The fourth-order valence-electron chi connectivity index (χ4n) is 2.09. The number of hydrogen-bond acceptors (Lipinski definition) is 5. The first-order valence-electron chi connectivity index (χ1n) is 6.78. The Kier molecular flexibility index (Phi) is 4.19. The zero-order valence-corrected chi connectivity index (χ0v) is 13.0. The normalized spacial score (nSPS) is 13.9. The van der Waals surface area contributed by atoms with E-state index in [0.717, 1.165) is 24.0 Å². The molecule has 6 heteroatoms. The number of thiophene rings is 1. The molecule has 2 rings (SSSR count). The summed E-state index contributed by atoms with van der Waals surface area (Å²) >= 11 is 1.34. The van der Waals surface area contributed by atoms with Gasteiger partial charge in [0.2, 0.25) is 0 Å². The van der Waals surface area contributed by atoms with Crippen molar-refractivity contribution in [2.45, 2.75) is 19.8 Å². The molecule has 0 unspecified atom stereocenters. The van der Waals surface area contributed by atoms with Gasteiger partial charge in [-0.05, 0) is 25.7 Å². The maximum absolute atomic E-state index is 12.1. The van der Waals surface area contributed by atoms with Gasteiger partial charge in [0, 0.05) is 27.2 Å². The number of rotatable bonds is 5. The predicted molar refractivity (Wildman–Crippen MR) is 82.1 cm³/mol. The van der Waals surface area contributed by atoms with Gasteiger partial charge in [0.15, 0.2) is 0 Å². The number of anilines is 2. The van der Waals surface area contributed by atoms with Crippen LogP contribution >= 0.6 is 11.3 Å². The van der Waals surface area contributed by atoms with Crippen LogP contribution < -0.4 is 10.6 Å². The summed E-state index contributed by atoms with van der Waals surface area (Å²) in [7, 11) is 3.38. The topological polar surface area (TPSA) is 73.4 Å². The number of nitrogens with two attached hydrogens (primary N) is 1. The van der Waals surface area contributed by atoms with Crippen molar-refractivity contribution in [3.8, 4) is 6.07 Å². The summed E-state index contributed by atoms with van der Waals surface area (Å²) < 4.78 is 0. The van der Waals surface area contributed by atoms with Gasteiger partial charge in [-0.3, -0.25) is 4.79 Å². The number of nitrogen functional groups attached to an aromatic ring is 1. The Labute approximate surface area is 123 Å². The summed E-state index contributed by atoms with van der Waals surface area (Å²) in [5.41, 5.74) is 6.77. The van der Waals surface area contributed by atoms with E-state index in [2.05, 4.69) is 17.9 Å². The van der Waals surface area contributed by atoms with E-state index in [4.69, 9.17) is 5.73 Å². The number of amides is 1. The van der Waals surface area contributed by atoms with Crippen LogP contribution in [0.25, 0.3) is 0 Å². The Morgan fingerprint density at radius 2 is 2.15 bits per heavy atom. The molecule has 1 amide bonds. The third kappa shape index (κ3) is 2.73. The van der Waals surface area contributed by atoms with Crippen LogP contribution in [0.4, 0.5) is 10.7 Å². The van der Waals surface area contributed by atoms with Crippen molar-refractivity contribution in [2.24, 2.45) is 5.92 Å². The Hall–Kier alpha value is -1.74. The summed E-state index contributed by atoms with van der Waals surface area (Å²) in [6, 6.07) is 2.16. The molecule has 0 aliphatic heterocycles. The molecular formula is C14H20N4OS. The number of carbonyl (C=O) groups excluding carboxylic acids is 1. The minimum Gasteiger partial charge on any atom is -0.396 e. The molecule has 1 aromatic rings. The van der Waals surface area contributed by atoms with Gasteiger partial charge in [-0.2, -0.15) is 5.26 Å². The lowest BCUT2D eigenvalue weighted by Gasteiger charge is -2.21. The van der Waals surface area contributed by atoms with E-state index in [1.165, 1.54) is 29.1 Å². The van der Waals surface area contributed by atoms with Gasteiger partial charge in [0.1, 0.15) is 21.5 Å². The van der Waals surface area contributed by atoms with Crippen LogP contribution in [0.5, 0.6) is 0 Å². The number of nitrogens with zero attached hydrogens (tertiary/aromatic N) is 3. The summed E-state index contributed by atoms with van der Waals surface area (Å²) in [6.45, 7) is 3.83. The van der Waals surface area contributed by atoms with Crippen molar-refractivity contribution in [2.75, 3.05) is 37.8 Å². The second kappa shape index (κ2) is 5.71. The summed E-state index contributed by atoms with van der Waals surface area (Å²) in [4.78, 5) is 16.2. The molecule has 0 bridgehead atoms. The van der Waals surface area contributed by atoms with E-state index >= 15 is 0 Å². The first-order valence-corrected chi connectivity index (χ1v) is 7.60. The van der Waals surface area contributed by atoms with Gasteiger partial charge in [-0.1, -0.05) is 0 Å². The lowest BCUT2D eigenvalue weighted by Crippen LogP contribution is -2.25. The zero-order valence-electron chi connectivity index (χ0n) is 12.1. The van der Waals surface area contributed by atoms with Crippen molar-refractivity contribution in [1.29, 1.82) is 5.26 Å². The smallest absolute Gasteiger partial charge is 0.265 e. The van der Waals surface area contributed by atoms with Crippen LogP contribution in [0, 0.1) is 17.2 Å². The third-order valence-electron chi connectivity index (χ3n) is 3.48. The maximum Gasteiger partial charge on any atom is 0.265 e. The molecule has 1 aliphatic carbocycles. The number of nitriles is 1. The van der Waals surface area contributed by atoms with Crippen molar-refractivity contribution >= 4 is 27.9 Å². The van der Waals surface area contributed by atoms with E-state index in [1.807, 2.05) is 0 Å². The Morgan fingerprint density at radius 3 is 2.60 bits per heavy atom. The van der Waals surface area contributed by atoms with Crippen molar-refractivity contribution in [3.05, 3.63) is 10.4 Å². The standard InChI is InChI=1S/C14H20N4OS/c1-4-18(8-9-5-6-9)14-10(7-15)11(16)12(20-14)13(19)17(2)3/h9H,4-6,8,16H2,1-3H3. The predicted octanol–water partition coefficient (Wildman–Crippen LogP) is 2.14. The van der Waals surface area contributed by atoms with Gasteiger partial charge in [-0.15, -0.1) is 11.3 Å². The Morgan fingerprint density at radius 1 is 1.50 bits per heavy atom. The molecule has 0 saturated heterocycles. The van der Waals surface area contributed by atoms with Crippen LogP contribution in [0.1, 0.15) is 35.0 Å². The lowest BCUT2D eigenvalue weighted by atomic mass is 10.2. The largest absolute Gasteiger partial charge is 0.396 e. The van der Waals surface area contributed by atoms with E-state index in [0.29, 0.717) is 16.1 Å². The molecule has 0 aromatic carbocycles. The summed E-state index contributed by atoms with van der Waals surface area (Å²) in [5.74, 6) is 0.579. The van der Waals surface area contributed by atoms with Gasteiger partial charge in [0.25, 0.3) is 5.91 Å². The lowest BCUT2D eigenvalue weighted by molar-refractivity contribution is 0.0833. The summed E-state index contributed by atoms with van der Waals surface area (Å²) in [6.07, 6.45) is 2.51. The Balaban J connectivity index is 2.39. The number of hydrogen-bond donors (Lipinski definition) is 1. The highest BCUT2D eigenvalue weighted by molar-refractivity contribution is 7.19. The monoisotopic (exact) mass is 292 g/mol. The van der Waals surface area contributed by atoms with E-state index in [1.54, 1.807) is 14.1 Å². The molecule has 1 fully saturated rings. The molecule has 1 aromatic heterocycles. The van der Waals surface area contributed by atoms with Crippen molar-refractivity contribution in [1.82, 2.24) is 4.90 Å². The molecule has 0 atom stereocenters. The van der Waals surface area contributed by atoms with Crippen LogP contribution in [-0.2, 0) is 0 Å². The van der Waals surface area contributed by atoms with E-state index in [-0.39, 0.29) is 5.91 Å².